The second kappa shape index (κ2) is 9.16. The number of ether oxygens (including phenoxy) is 2. The van der Waals surface area contributed by atoms with Gasteiger partial charge in [0.15, 0.2) is 5.76 Å². The van der Waals surface area contributed by atoms with E-state index in [1.54, 1.807) is 26.7 Å². The number of amides is 1. The molecule has 0 bridgehead atoms. The number of hydrogen-bond acceptors (Lipinski definition) is 7. The molecule has 0 aliphatic carbocycles. The van der Waals surface area contributed by atoms with Crippen LogP contribution in [0, 0.1) is 6.92 Å². The SMILES string of the molecule is COc1ccc(OC)c(CC(=O)N2CCC[C@@H](c3ncncc3-c3cc(C)no3)C2)c1. The smallest absolute Gasteiger partial charge is 0.227 e. The summed E-state index contributed by atoms with van der Waals surface area (Å²) < 4.78 is 16.2. The average Bonchev–Trinajstić information content (AvgIpc) is 3.25. The highest BCUT2D eigenvalue weighted by Crippen LogP contribution is 2.33. The van der Waals surface area contributed by atoms with Gasteiger partial charge in [-0.3, -0.25) is 4.79 Å². The number of aryl methyl sites for hydroxylation is 1. The second-order valence-electron chi connectivity index (χ2n) is 7.69. The zero-order valence-electron chi connectivity index (χ0n) is 18.0. The van der Waals surface area contributed by atoms with E-state index in [4.69, 9.17) is 14.0 Å². The van der Waals surface area contributed by atoms with Crippen LogP contribution >= 0.6 is 0 Å². The molecule has 1 aromatic carbocycles. The number of nitrogens with zero attached hydrogens (tertiary/aromatic N) is 4. The third kappa shape index (κ3) is 4.52. The summed E-state index contributed by atoms with van der Waals surface area (Å²) in [5.74, 6) is 2.20. The lowest BCUT2D eigenvalue weighted by atomic mass is 9.91. The van der Waals surface area contributed by atoms with Gasteiger partial charge in [-0.05, 0) is 38.0 Å². The van der Waals surface area contributed by atoms with Crippen molar-refractivity contribution >= 4 is 5.91 Å². The highest BCUT2D eigenvalue weighted by molar-refractivity contribution is 5.80. The van der Waals surface area contributed by atoms with E-state index in [0.717, 1.165) is 41.9 Å². The summed E-state index contributed by atoms with van der Waals surface area (Å²) in [4.78, 5) is 23.8. The highest BCUT2D eigenvalue weighted by atomic mass is 16.5. The maximum Gasteiger partial charge on any atom is 0.227 e. The van der Waals surface area contributed by atoms with Gasteiger partial charge in [-0.15, -0.1) is 0 Å². The molecule has 8 heteroatoms. The maximum absolute atomic E-state index is 13.1. The minimum absolute atomic E-state index is 0.0577. The number of rotatable bonds is 6. The van der Waals surface area contributed by atoms with Crippen molar-refractivity contribution in [3.63, 3.8) is 0 Å². The fourth-order valence-electron chi connectivity index (χ4n) is 4.07. The quantitative estimate of drug-likeness (QED) is 0.601. The van der Waals surface area contributed by atoms with Crippen LogP contribution in [-0.2, 0) is 11.2 Å². The van der Waals surface area contributed by atoms with Crippen LogP contribution in [0.15, 0.2) is 41.3 Å². The number of carbonyl (C=O) groups is 1. The molecule has 0 N–H and O–H groups in total. The summed E-state index contributed by atoms with van der Waals surface area (Å²) in [6.45, 7) is 3.20. The molecule has 1 aliphatic rings. The van der Waals surface area contributed by atoms with Crippen LogP contribution < -0.4 is 9.47 Å². The van der Waals surface area contributed by atoms with Crippen LogP contribution in [-0.4, -0.2) is 53.2 Å². The first kappa shape index (κ1) is 20.8. The Kier molecular flexibility index (Phi) is 6.16. The molecular weight excluding hydrogens is 396 g/mol. The number of aromatic nitrogens is 3. The molecule has 0 unspecified atom stereocenters. The van der Waals surface area contributed by atoms with Gasteiger partial charge in [0.1, 0.15) is 17.8 Å². The van der Waals surface area contributed by atoms with Crippen molar-refractivity contribution in [3.05, 3.63) is 53.7 Å². The van der Waals surface area contributed by atoms with E-state index in [1.165, 1.54) is 0 Å². The first-order chi connectivity index (χ1) is 15.1. The largest absolute Gasteiger partial charge is 0.497 e. The van der Waals surface area contributed by atoms with E-state index < -0.39 is 0 Å². The van der Waals surface area contributed by atoms with Crippen molar-refractivity contribution in [3.8, 4) is 22.8 Å². The molecule has 1 atom stereocenters. The van der Waals surface area contributed by atoms with Crippen LogP contribution in [0.2, 0.25) is 0 Å². The molecule has 162 valence electrons. The van der Waals surface area contributed by atoms with Gasteiger partial charge in [0.25, 0.3) is 0 Å². The third-order valence-electron chi connectivity index (χ3n) is 5.63. The number of carbonyl (C=O) groups excluding carboxylic acids is 1. The molecule has 1 saturated heterocycles. The lowest BCUT2D eigenvalue weighted by Crippen LogP contribution is -2.40. The molecule has 1 amide bonds. The second-order valence-corrected chi connectivity index (χ2v) is 7.69. The zero-order chi connectivity index (χ0) is 21.8. The highest BCUT2D eigenvalue weighted by Gasteiger charge is 2.29. The Hall–Kier alpha value is -3.42. The summed E-state index contributed by atoms with van der Waals surface area (Å²) in [6.07, 6.45) is 5.41. The van der Waals surface area contributed by atoms with Crippen molar-refractivity contribution in [1.82, 2.24) is 20.0 Å². The Labute approximate surface area is 181 Å². The minimum Gasteiger partial charge on any atom is -0.497 e. The molecule has 8 nitrogen and oxygen atoms in total. The minimum atomic E-state index is 0.0577. The summed E-state index contributed by atoms with van der Waals surface area (Å²) in [5, 5.41) is 3.98. The molecule has 0 saturated carbocycles. The van der Waals surface area contributed by atoms with Crippen LogP contribution in [0.25, 0.3) is 11.3 Å². The Bertz CT molecular complexity index is 1070. The van der Waals surface area contributed by atoms with Gasteiger partial charge in [-0.25, -0.2) is 9.97 Å². The molecular formula is C23H26N4O4. The fraction of sp³-hybridized carbons (Fsp3) is 0.391. The predicted molar refractivity (Wildman–Crippen MR) is 114 cm³/mol. The summed E-state index contributed by atoms with van der Waals surface area (Å²) >= 11 is 0. The molecule has 0 radical (unpaired) electrons. The Morgan fingerprint density at radius 1 is 1.26 bits per heavy atom. The Morgan fingerprint density at radius 3 is 2.87 bits per heavy atom. The van der Waals surface area contributed by atoms with Crippen molar-refractivity contribution < 1.29 is 18.8 Å². The van der Waals surface area contributed by atoms with Crippen molar-refractivity contribution in [2.75, 3.05) is 27.3 Å². The van der Waals surface area contributed by atoms with Gasteiger partial charge in [0.05, 0.1) is 37.6 Å². The zero-order valence-corrected chi connectivity index (χ0v) is 18.0. The normalized spacial score (nSPS) is 16.2. The van der Waals surface area contributed by atoms with E-state index in [0.29, 0.717) is 23.8 Å². The molecule has 2 aromatic heterocycles. The van der Waals surface area contributed by atoms with Gasteiger partial charge in [0, 0.05) is 36.8 Å². The average molecular weight is 422 g/mol. The number of methoxy groups -OCH3 is 2. The lowest BCUT2D eigenvalue weighted by molar-refractivity contribution is -0.131. The van der Waals surface area contributed by atoms with Gasteiger partial charge < -0.3 is 18.9 Å². The van der Waals surface area contributed by atoms with E-state index in [-0.39, 0.29) is 18.2 Å². The molecule has 1 aliphatic heterocycles. The molecule has 31 heavy (non-hydrogen) atoms. The van der Waals surface area contributed by atoms with Crippen LogP contribution in [0.1, 0.15) is 35.7 Å². The third-order valence-corrected chi connectivity index (χ3v) is 5.63. The van der Waals surface area contributed by atoms with Crippen molar-refractivity contribution in [2.24, 2.45) is 0 Å². The van der Waals surface area contributed by atoms with Crippen LogP contribution in [0.4, 0.5) is 0 Å². The molecule has 1 fully saturated rings. The van der Waals surface area contributed by atoms with E-state index >= 15 is 0 Å². The fourth-order valence-corrected chi connectivity index (χ4v) is 4.07. The summed E-state index contributed by atoms with van der Waals surface area (Å²) in [5.41, 5.74) is 3.34. The topological polar surface area (TPSA) is 90.6 Å². The van der Waals surface area contributed by atoms with Crippen LogP contribution in [0.5, 0.6) is 11.5 Å². The summed E-state index contributed by atoms with van der Waals surface area (Å²) in [6, 6.07) is 7.38. The van der Waals surface area contributed by atoms with Gasteiger partial charge in [-0.2, -0.15) is 0 Å². The first-order valence-corrected chi connectivity index (χ1v) is 10.3. The molecule has 4 rings (SSSR count). The lowest BCUT2D eigenvalue weighted by Gasteiger charge is -2.33. The standard InChI is InChI=1S/C23H26N4O4/c1-15-9-21(31-26-15)19-12-24-14-25-23(19)16-5-4-8-27(13-16)22(28)11-17-10-18(29-2)6-7-20(17)30-3/h6-7,9-10,12,14,16H,4-5,8,11,13H2,1-3H3/t16-/m1/s1. The van der Waals surface area contributed by atoms with Crippen LogP contribution in [0.3, 0.4) is 0 Å². The number of likely N-dealkylation sites (tertiary alicyclic amines) is 1. The van der Waals surface area contributed by atoms with Crippen molar-refractivity contribution in [2.45, 2.75) is 32.1 Å². The molecule has 3 aromatic rings. The number of piperidine rings is 1. The Morgan fingerprint density at radius 2 is 2.13 bits per heavy atom. The Balaban J connectivity index is 1.53. The monoisotopic (exact) mass is 422 g/mol. The van der Waals surface area contributed by atoms with Gasteiger partial charge in [0.2, 0.25) is 5.91 Å². The number of benzene rings is 1. The van der Waals surface area contributed by atoms with Crippen molar-refractivity contribution in [1.29, 1.82) is 0 Å². The first-order valence-electron chi connectivity index (χ1n) is 10.3. The number of hydrogen-bond donors (Lipinski definition) is 0. The summed E-state index contributed by atoms with van der Waals surface area (Å²) in [7, 11) is 3.21. The molecule has 3 heterocycles. The van der Waals surface area contributed by atoms with E-state index in [1.807, 2.05) is 36.1 Å². The van der Waals surface area contributed by atoms with Gasteiger partial charge >= 0.3 is 0 Å². The van der Waals surface area contributed by atoms with E-state index in [2.05, 4.69) is 15.1 Å². The maximum atomic E-state index is 13.1. The van der Waals surface area contributed by atoms with E-state index in [9.17, 15) is 4.79 Å². The molecule has 0 spiro atoms. The predicted octanol–water partition coefficient (Wildman–Crippen LogP) is 3.41. The van der Waals surface area contributed by atoms with Gasteiger partial charge in [-0.1, -0.05) is 5.16 Å².